The molecule has 100 valence electrons. The molecular formula is C11H14N6OS. The summed E-state index contributed by atoms with van der Waals surface area (Å²) in [7, 11) is 0. The van der Waals surface area contributed by atoms with Crippen LogP contribution in [-0.4, -0.2) is 32.7 Å². The predicted molar refractivity (Wildman–Crippen MR) is 71.4 cm³/mol. The maximum absolute atomic E-state index is 11.1. The number of primary amides is 1. The van der Waals surface area contributed by atoms with E-state index in [9.17, 15) is 4.79 Å². The van der Waals surface area contributed by atoms with Crippen LogP contribution in [0.2, 0.25) is 0 Å². The zero-order valence-corrected chi connectivity index (χ0v) is 11.0. The lowest BCUT2D eigenvalue weighted by molar-refractivity contribution is 0.1000. The van der Waals surface area contributed by atoms with Crippen LogP contribution in [0.5, 0.6) is 0 Å². The Morgan fingerprint density at radius 2 is 2.26 bits per heavy atom. The Morgan fingerprint density at radius 1 is 1.42 bits per heavy atom. The van der Waals surface area contributed by atoms with E-state index in [4.69, 9.17) is 11.5 Å². The van der Waals surface area contributed by atoms with Gasteiger partial charge in [-0.3, -0.25) is 4.79 Å². The first-order valence-corrected chi connectivity index (χ1v) is 6.67. The maximum Gasteiger partial charge on any atom is 0.248 e. The molecule has 0 saturated carbocycles. The number of benzene rings is 1. The fourth-order valence-electron chi connectivity index (χ4n) is 1.52. The van der Waals surface area contributed by atoms with E-state index >= 15 is 0 Å². The van der Waals surface area contributed by atoms with E-state index < -0.39 is 5.91 Å². The van der Waals surface area contributed by atoms with Crippen LogP contribution in [0.15, 0.2) is 29.4 Å². The molecule has 2 rings (SSSR count). The summed E-state index contributed by atoms with van der Waals surface area (Å²) in [5, 5.41) is 12.1. The van der Waals surface area contributed by atoms with Crippen molar-refractivity contribution in [2.24, 2.45) is 11.5 Å². The van der Waals surface area contributed by atoms with Crippen molar-refractivity contribution in [2.75, 3.05) is 6.54 Å². The molecule has 0 aliphatic carbocycles. The van der Waals surface area contributed by atoms with Gasteiger partial charge in [-0.15, -0.1) is 5.10 Å². The minimum atomic E-state index is -0.431. The van der Waals surface area contributed by atoms with E-state index in [-0.39, 0.29) is 0 Å². The summed E-state index contributed by atoms with van der Waals surface area (Å²) in [6.45, 7) is 1.06. The minimum Gasteiger partial charge on any atom is -0.366 e. The van der Waals surface area contributed by atoms with Crippen LogP contribution in [0, 0.1) is 0 Å². The van der Waals surface area contributed by atoms with Crippen LogP contribution in [0.3, 0.4) is 0 Å². The van der Waals surface area contributed by atoms with Gasteiger partial charge in [0.2, 0.25) is 11.1 Å². The molecule has 1 amide bonds. The molecule has 0 radical (unpaired) electrons. The number of amides is 1. The number of nitrogens with two attached hydrogens (primary N) is 2. The second kappa shape index (κ2) is 6.30. The standard InChI is InChI=1S/C11H14N6OS/c12-4-5-17-11(14-15-16-17)19-7-8-2-1-3-9(6-8)10(13)18/h1-3,6H,4-5,7,12H2,(H2,13,18). The smallest absolute Gasteiger partial charge is 0.248 e. The molecule has 0 spiro atoms. The highest BCUT2D eigenvalue weighted by Gasteiger charge is 2.07. The number of aromatic nitrogens is 4. The van der Waals surface area contributed by atoms with Crippen LogP contribution in [0.4, 0.5) is 0 Å². The first kappa shape index (κ1) is 13.5. The van der Waals surface area contributed by atoms with E-state index in [1.807, 2.05) is 6.07 Å². The lowest BCUT2D eigenvalue weighted by Crippen LogP contribution is -2.12. The van der Waals surface area contributed by atoms with Crippen LogP contribution in [-0.2, 0) is 12.3 Å². The van der Waals surface area contributed by atoms with Crippen LogP contribution in [0.25, 0.3) is 0 Å². The molecule has 2 aromatic rings. The van der Waals surface area contributed by atoms with Gasteiger partial charge in [0.25, 0.3) is 0 Å². The number of hydrogen-bond acceptors (Lipinski definition) is 6. The van der Waals surface area contributed by atoms with Crippen molar-refractivity contribution < 1.29 is 4.79 Å². The average molecular weight is 278 g/mol. The van der Waals surface area contributed by atoms with E-state index in [1.165, 1.54) is 11.8 Å². The van der Waals surface area contributed by atoms with Crippen molar-refractivity contribution in [3.63, 3.8) is 0 Å². The molecule has 1 heterocycles. The number of rotatable bonds is 6. The molecule has 0 fully saturated rings. The maximum atomic E-state index is 11.1. The summed E-state index contributed by atoms with van der Waals surface area (Å²) in [5.41, 5.74) is 12.2. The molecule has 7 nitrogen and oxygen atoms in total. The number of thioether (sulfide) groups is 1. The summed E-state index contributed by atoms with van der Waals surface area (Å²) in [6, 6.07) is 7.19. The van der Waals surface area contributed by atoms with Gasteiger partial charge in [-0.05, 0) is 28.1 Å². The Bertz CT molecular complexity index is 570. The van der Waals surface area contributed by atoms with E-state index in [0.717, 1.165) is 5.56 Å². The van der Waals surface area contributed by atoms with E-state index in [2.05, 4.69) is 15.5 Å². The third kappa shape index (κ3) is 3.52. The van der Waals surface area contributed by atoms with Crippen LogP contribution in [0.1, 0.15) is 15.9 Å². The molecule has 0 atom stereocenters. The van der Waals surface area contributed by atoms with Crippen molar-refractivity contribution in [2.45, 2.75) is 17.5 Å². The third-order valence-electron chi connectivity index (χ3n) is 2.42. The highest BCUT2D eigenvalue weighted by Crippen LogP contribution is 2.20. The molecule has 0 bridgehead atoms. The quantitative estimate of drug-likeness (QED) is 0.720. The Hall–Kier alpha value is -1.93. The predicted octanol–water partition coefficient (Wildman–Crippen LogP) is 0.0230. The number of hydrogen-bond donors (Lipinski definition) is 2. The van der Waals surface area contributed by atoms with Crippen molar-refractivity contribution in [3.8, 4) is 0 Å². The third-order valence-corrected chi connectivity index (χ3v) is 3.45. The van der Waals surface area contributed by atoms with Crippen molar-refractivity contribution >= 4 is 17.7 Å². The van der Waals surface area contributed by atoms with Crippen molar-refractivity contribution in [3.05, 3.63) is 35.4 Å². The molecule has 0 aliphatic rings. The highest BCUT2D eigenvalue weighted by molar-refractivity contribution is 7.98. The Morgan fingerprint density at radius 3 is 3.00 bits per heavy atom. The summed E-state index contributed by atoms with van der Waals surface area (Å²) >= 11 is 1.49. The van der Waals surface area contributed by atoms with Gasteiger partial charge in [0.1, 0.15) is 0 Å². The number of nitrogens with zero attached hydrogens (tertiary/aromatic N) is 4. The van der Waals surface area contributed by atoms with E-state index in [0.29, 0.717) is 29.6 Å². The van der Waals surface area contributed by atoms with E-state index in [1.54, 1.807) is 22.9 Å². The first-order valence-electron chi connectivity index (χ1n) is 5.68. The number of carbonyl (C=O) groups excluding carboxylic acids is 1. The summed E-state index contributed by atoms with van der Waals surface area (Å²) in [4.78, 5) is 11.1. The number of carbonyl (C=O) groups is 1. The van der Waals surface area contributed by atoms with Crippen molar-refractivity contribution in [1.29, 1.82) is 0 Å². The second-order valence-electron chi connectivity index (χ2n) is 3.83. The Balaban J connectivity index is 2.04. The SMILES string of the molecule is NCCn1nnnc1SCc1cccc(C(N)=O)c1. The van der Waals surface area contributed by atoms with Crippen LogP contribution >= 0.6 is 11.8 Å². The molecule has 0 aliphatic heterocycles. The second-order valence-corrected chi connectivity index (χ2v) is 4.77. The van der Waals surface area contributed by atoms with Gasteiger partial charge >= 0.3 is 0 Å². The molecule has 8 heteroatoms. The van der Waals surface area contributed by atoms with Gasteiger partial charge in [0.05, 0.1) is 6.54 Å². The zero-order valence-electron chi connectivity index (χ0n) is 10.2. The largest absolute Gasteiger partial charge is 0.366 e. The molecule has 0 unspecified atom stereocenters. The minimum absolute atomic E-state index is 0.431. The molecule has 0 saturated heterocycles. The molecule has 19 heavy (non-hydrogen) atoms. The first-order chi connectivity index (χ1) is 9.20. The van der Waals surface area contributed by atoms with Gasteiger partial charge in [-0.2, -0.15) is 0 Å². The Kier molecular flexibility index (Phi) is 4.48. The normalized spacial score (nSPS) is 10.6. The fourth-order valence-corrected chi connectivity index (χ4v) is 2.37. The highest BCUT2D eigenvalue weighted by atomic mass is 32.2. The summed E-state index contributed by atoms with van der Waals surface area (Å²) in [5.74, 6) is 0.228. The zero-order chi connectivity index (χ0) is 13.7. The van der Waals surface area contributed by atoms with Gasteiger partial charge in [0, 0.05) is 17.9 Å². The lowest BCUT2D eigenvalue weighted by Gasteiger charge is -2.04. The van der Waals surface area contributed by atoms with Gasteiger partial charge in [-0.1, -0.05) is 23.9 Å². The van der Waals surface area contributed by atoms with Gasteiger partial charge in [-0.25, -0.2) is 4.68 Å². The van der Waals surface area contributed by atoms with Gasteiger partial charge in [0.15, 0.2) is 0 Å². The average Bonchev–Trinajstić information content (AvgIpc) is 2.85. The van der Waals surface area contributed by atoms with Crippen molar-refractivity contribution in [1.82, 2.24) is 20.2 Å². The number of tetrazole rings is 1. The molecule has 1 aromatic carbocycles. The van der Waals surface area contributed by atoms with Gasteiger partial charge < -0.3 is 11.5 Å². The Labute approximate surface area is 114 Å². The molecular weight excluding hydrogens is 264 g/mol. The summed E-state index contributed by atoms with van der Waals surface area (Å²) in [6.07, 6.45) is 0. The fraction of sp³-hybridized carbons (Fsp3) is 0.273. The topological polar surface area (TPSA) is 113 Å². The lowest BCUT2D eigenvalue weighted by atomic mass is 10.1. The molecule has 4 N–H and O–H groups in total. The van der Waals surface area contributed by atoms with Crippen LogP contribution < -0.4 is 11.5 Å². The molecule has 1 aromatic heterocycles. The monoisotopic (exact) mass is 278 g/mol. The summed E-state index contributed by atoms with van der Waals surface area (Å²) < 4.78 is 1.66.